The van der Waals surface area contributed by atoms with Crippen molar-refractivity contribution in [3.05, 3.63) is 23.2 Å². The first kappa shape index (κ1) is 13.4. The number of anilines is 1. The van der Waals surface area contributed by atoms with Crippen LogP contribution in [0.4, 0.5) is 5.69 Å². The van der Waals surface area contributed by atoms with Crippen molar-refractivity contribution in [3.8, 4) is 0 Å². The van der Waals surface area contributed by atoms with Crippen molar-refractivity contribution in [1.82, 2.24) is 9.88 Å². The molecule has 20 heavy (non-hydrogen) atoms. The van der Waals surface area contributed by atoms with Crippen LogP contribution in [0.25, 0.3) is 10.2 Å². The standard InChI is InChI=1S/C15H19N3OS/c16-12-13-11(7-6-8-17-13)20-14(12)15(19)18-9-4-2-1-3-5-10-18/h6-8H,1-5,9-10,16H2. The summed E-state index contributed by atoms with van der Waals surface area (Å²) in [5.41, 5.74) is 7.41. The predicted octanol–water partition coefficient (Wildman–Crippen LogP) is 3.28. The van der Waals surface area contributed by atoms with Gasteiger partial charge in [-0.1, -0.05) is 19.3 Å². The largest absolute Gasteiger partial charge is 0.396 e. The molecule has 0 atom stereocenters. The Morgan fingerprint density at radius 2 is 1.90 bits per heavy atom. The molecule has 2 N–H and O–H groups in total. The molecule has 0 spiro atoms. The highest BCUT2D eigenvalue weighted by Crippen LogP contribution is 2.33. The zero-order valence-electron chi connectivity index (χ0n) is 11.5. The van der Waals surface area contributed by atoms with E-state index in [1.54, 1.807) is 6.20 Å². The van der Waals surface area contributed by atoms with Crippen molar-refractivity contribution < 1.29 is 4.79 Å². The van der Waals surface area contributed by atoms with Gasteiger partial charge in [0.2, 0.25) is 0 Å². The molecule has 4 nitrogen and oxygen atoms in total. The number of hydrogen-bond donors (Lipinski definition) is 1. The Labute approximate surface area is 122 Å². The van der Waals surface area contributed by atoms with Crippen LogP contribution in [0.1, 0.15) is 41.8 Å². The van der Waals surface area contributed by atoms with Crippen molar-refractivity contribution in [2.45, 2.75) is 32.1 Å². The first-order valence-electron chi connectivity index (χ1n) is 7.19. The van der Waals surface area contributed by atoms with Gasteiger partial charge in [-0.15, -0.1) is 11.3 Å². The van der Waals surface area contributed by atoms with Crippen molar-refractivity contribution in [1.29, 1.82) is 0 Å². The third-order valence-corrected chi connectivity index (χ3v) is 4.97. The van der Waals surface area contributed by atoms with Gasteiger partial charge in [0.25, 0.3) is 5.91 Å². The minimum absolute atomic E-state index is 0.0763. The third kappa shape index (κ3) is 2.50. The van der Waals surface area contributed by atoms with Crippen molar-refractivity contribution in [3.63, 3.8) is 0 Å². The maximum Gasteiger partial charge on any atom is 0.266 e. The summed E-state index contributed by atoms with van der Waals surface area (Å²) < 4.78 is 0.986. The number of carbonyl (C=O) groups excluding carboxylic acids is 1. The Kier molecular flexibility index (Phi) is 3.87. The number of likely N-dealkylation sites (tertiary alicyclic amines) is 1. The van der Waals surface area contributed by atoms with Crippen molar-refractivity contribution in [2.75, 3.05) is 18.8 Å². The van der Waals surface area contributed by atoms with E-state index in [0.717, 1.165) is 36.1 Å². The second kappa shape index (κ2) is 5.79. The van der Waals surface area contributed by atoms with Gasteiger partial charge in [-0.2, -0.15) is 0 Å². The normalized spacial score (nSPS) is 16.9. The smallest absolute Gasteiger partial charge is 0.266 e. The fourth-order valence-electron chi connectivity index (χ4n) is 2.70. The number of pyridine rings is 1. The van der Waals surface area contributed by atoms with Gasteiger partial charge in [0.1, 0.15) is 10.4 Å². The van der Waals surface area contributed by atoms with Gasteiger partial charge >= 0.3 is 0 Å². The Bertz CT molecular complexity index is 615. The molecule has 3 rings (SSSR count). The number of hydrogen-bond acceptors (Lipinski definition) is 4. The van der Waals surface area contributed by atoms with Gasteiger partial charge in [0, 0.05) is 19.3 Å². The number of nitrogens with two attached hydrogens (primary N) is 1. The van der Waals surface area contributed by atoms with E-state index in [-0.39, 0.29) is 5.91 Å². The fraction of sp³-hybridized carbons (Fsp3) is 0.467. The monoisotopic (exact) mass is 289 g/mol. The zero-order chi connectivity index (χ0) is 13.9. The van der Waals surface area contributed by atoms with E-state index in [1.165, 1.54) is 30.6 Å². The van der Waals surface area contributed by atoms with Gasteiger partial charge in [-0.25, -0.2) is 0 Å². The zero-order valence-corrected chi connectivity index (χ0v) is 12.3. The van der Waals surface area contributed by atoms with E-state index in [0.29, 0.717) is 10.6 Å². The van der Waals surface area contributed by atoms with Crippen LogP contribution in [0.15, 0.2) is 18.3 Å². The lowest BCUT2D eigenvalue weighted by Gasteiger charge is -2.24. The van der Waals surface area contributed by atoms with Gasteiger partial charge in [0.15, 0.2) is 0 Å². The molecule has 1 fully saturated rings. The quantitative estimate of drug-likeness (QED) is 0.876. The minimum Gasteiger partial charge on any atom is -0.396 e. The lowest BCUT2D eigenvalue weighted by molar-refractivity contribution is 0.0748. The van der Waals surface area contributed by atoms with Crippen molar-refractivity contribution >= 4 is 33.1 Å². The highest BCUT2D eigenvalue weighted by atomic mass is 32.1. The highest BCUT2D eigenvalue weighted by Gasteiger charge is 2.22. The van der Waals surface area contributed by atoms with Crippen LogP contribution in [-0.2, 0) is 0 Å². The summed E-state index contributed by atoms with van der Waals surface area (Å²) in [6.07, 6.45) is 7.62. The molecule has 1 saturated heterocycles. The van der Waals surface area contributed by atoms with Crippen molar-refractivity contribution in [2.24, 2.45) is 0 Å². The summed E-state index contributed by atoms with van der Waals surface area (Å²) in [5, 5.41) is 0. The SMILES string of the molecule is Nc1c(C(=O)N2CCCCCCC2)sc2cccnc12. The molecule has 5 heteroatoms. The maximum atomic E-state index is 12.7. The number of fused-ring (bicyclic) bond motifs is 1. The molecule has 0 unspecified atom stereocenters. The molecule has 0 aliphatic carbocycles. The Morgan fingerprint density at radius 1 is 1.20 bits per heavy atom. The number of nitrogens with zero attached hydrogens (tertiary/aromatic N) is 2. The summed E-state index contributed by atoms with van der Waals surface area (Å²) in [6, 6.07) is 3.84. The van der Waals surface area contributed by atoms with E-state index in [9.17, 15) is 4.79 Å². The molecule has 1 aliphatic heterocycles. The highest BCUT2D eigenvalue weighted by molar-refractivity contribution is 7.21. The number of rotatable bonds is 1. The molecule has 2 aromatic rings. The number of nitrogen functional groups attached to an aromatic ring is 1. The third-order valence-electron chi connectivity index (χ3n) is 3.82. The van der Waals surface area contributed by atoms with Crippen LogP contribution in [0.3, 0.4) is 0 Å². The van der Waals surface area contributed by atoms with Gasteiger partial charge < -0.3 is 10.6 Å². The molecule has 0 radical (unpaired) electrons. The molecular weight excluding hydrogens is 270 g/mol. The fourth-order valence-corrected chi connectivity index (χ4v) is 3.75. The summed E-state index contributed by atoms with van der Waals surface area (Å²) in [4.78, 5) is 19.6. The molecule has 0 aromatic carbocycles. The van der Waals surface area contributed by atoms with Crippen LogP contribution in [0.5, 0.6) is 0 Å². The molecule has 106 valence electrons. The van der Waals surface area contributed by atoms with E-state index in [1.807, 2.05) is 17.0 Å². The molecule has 1 amide bonds. The number of carbonyl (C=O) groups is 1. The van der Waals surface area contributed by atoms with Gasteiger partial charge in [-0.05, 0) is 25.0 Å². The Morgan fingerprint density at radius 3 is 2.60 bits per heavy atom. The second-order valence-corrected chi connectivity index (χ2v) is 6.31. The number of thiophene rings is 1. The van der Waals surface area contributed by atoms with Crippen LogP contribution in [-0.4, -0.2) is 28.9 Å². The molecule has 3 heterocycles. The molecular formula is C15H19N3OS. The predicted molar refractivity (Wildman–Crippen MR) is 83.0 cm³/mol. The summed E-state index contributed by atoms with van der Waals surface area (Å²) in [7, 11) is 0. The minimum atomic E-state index is 0.0763. The van der Waals surface area contributed by atoms with Crippen LogP contribution in [0.2, 0.25) is 0 Å². The van der Waals surface area contributed by atoms with E-state index >= 15 is 0 Å². The number of aromatic nitrogens is 1. The maximum absolute atomic E-state index is 12.7. The molecule has 1 aliphatic rings. The lowest BCUT2D eigenvalue weighted by atomic mass is 10.1. The summed E-state index contributed by atoms with van der Waals surface area (Å²) in [6.45, 7) is 1.69. The molecule has 0 saturated carbocycles. The van der Waals surface area contributed by atoms with E-state index in [4.69, 9.17) is 5.73 Å². The Hall–Kier alpha value is -1.62. The topological polar surface area (TPSA) is 59.2 Å². The average Bonchev–Trinajstić information content (AvgIpc) is 2.76. The van der Waals surface area contributed by atoms with Gasteiger partial charge in [-0.3, -0.25) is 9.78 Å². The van der Waals surface area contributed by atoms with Gasteiger partial charge in [0.05, 0.1) is 10.4 Å². The van der Waals surface area contributed by atoms with Crippen LogP contribution < -0.4 is 5.73 Å². The summed E-state index contributed by atoms with van der Waals surface area (Å²) in [5.74, 6) is 0.0763. The molecule has 0 bridgehead atoms. The number of amides is 1. The Balaban J connectivity index is 1.89. The lowest BCUT2D eigenvalue weighted by Crippen LogP contribution is -2.33. The second-order valence-electron chi connectivity index (χ2n) is 5.25. The first-order chi connectivity index (χ1) is 9.77. The van der Waals surface area contributed by atoms with E-state index < -0.39 is 0 Å². The van der Waals surface area contributed by atoms with Crippen LogP contribution in [0, 0.1) is 0 Å². The molecule has 2 aromatic heterocycles. The first-order valence-corrected chi connectivity index (χ1v) is 8.01. The summed E-state index contributed by atoms with van der Waals surface area (Å²) >= 11 is 1.46. The van der Waals surface area contributed by atoms with E-state index in [2.05, 4.69) is 4.98 Å². The van der Waals surface area contributed by atoms with Crippen LogP contribution >= 0.6 is 11.3 Å². The average molecular weight is 289 g/mol.